The van der Waals surface area contributed by atoms with E-state index in [0.29, 0.717) is 22.0 Å². The summed E-state index contributed by atoms with van der Waals surface area (Å²) < 4.78 is 7.14. The molecule has 29 heavy (non-hydrogen) atoms. The molecule has 0 aliphatic rings. The number of pyridine rings is 1. The van der Waals surface area contributed by atoms with Gasteiger partial charge in [-0.05, 0) is 43.3 Å². The molecule has 0 aliphatic carbocycles. The van der Waals surface area contributed by atoms with Gasteiger partial charge in [0.15, 0.2) is 0 Å². The molecule has 0 bridgehead atoms. The number of non-ortho nitro benzene ring substituents is 1. The van der Waals surface area contributed by atoms with E-state index in [0.717, 1.165) is 11.3 Å². The monoisotopic (exact) mass is 405 g/mol. The van der Waals surface area contributed by atoms with Crippen LogP contribution in [0.4, 0.5) is 11.4 Å². The minimum absolute atomic E-state index is 0.0334. The SMILES string of the molecule is CC(=Nn1c(-c2ccc([N+](=O)[O-])cc2)csc1=Nc1cccnc1)c1ccco1. The van der Waals surface area contributed by atoms with E-state index in [4.69, 9.17) is 9.52 Å². The average molecular weight is 405 g/mol. The second kappa shape index (κ2) is 8.03. The first-order valence-electron chi connectivity index (χ1n) is 8.61. The van der Waals surface area contributed by atoms with Crippen molar-refractivity contribution in [3.8, 4) is 11.3 Å². The van der Waals surface area contributed by atoms with Crippen LogP contribution in [0.15, 0.2) is 87.1 Å². The van der Waals surface area contributed by atoms with E-state index in [1.54, 1.807) is 41.5 Å². The van der Waals surface area contributed by atoms with Crippen molar-refractivity contribution in [2.45, 2.75) is 6.92 Å². The molecule has 0 N–H and O–H groups in total. The van der Waals surface area contributed by atoms with Crippen LogP contribution in [-0.4, -0.2) is 20.3 Å². The molecule has 0 atom stereocenters. The van der Waals surface area contributed by atoms with Crippen LogP contribution >= 0.6 is 11.3 Å². The molecule has 0 spiro atoms. The number of nitrogens with zero attached hydrogens (tertiary/aromatic N) is 5. The van der Waals surface area contributed by atoms with Crippen molar-refractivity contribution in [3.63, 3.8) is 0 Å². The van der Waals surface area contributed by atoms with Crippen molar-refractivity contribution in [1.82, 2.24) is 9.66 Å². The Balaban J connectivity index is 1.86. The molecule has 9 heteroatoms. The van der Waals surface area contributed by atoms with Gasteiger partial charge >= 0.3 is 0 Å². The van der Waals surface area contributed by atoms with Gasteiger partial charge in [-0.1, -0.05) is 0 Å². The maximum absolute atomic E-state index is 10.9. The third-order valence-corrected chi connectivity index (χ3v) is 4.87. The first kappa shape index (κ1) is 18.5. The van der Waals surface area contributed by atoms with E-state index in [1.165, 1.54) is 23.5 Å². The van der Waals surface area contributed by atoms with Crippen molar-refractivity contribution in [2.24, 2.45) is 10.1 Å². The summed E-state index contributed by atoms with van der Waals surface area (Å²) in [5.41, 5.74) is 2.95. The normalized spacial score (nSPS) is 12.3. The summed E-state index contributed by atoms with van der Waals surface area (Å²) in [4.78, 5) is 19.9. The zero-order valence-electron chi connectivity index (χ0n) is 15.3. The quantitative estimate of drug-likeness (QED) is 0.275. The highest BCUT2D eigenvalue weighted by Crippen LogP contribution is 2.24. The van der Waals surface area contributed by atoms with Gasteiger partial charge < -0.3 is 4.42 Å². The predicted molar refractivity (Wildman–Crippen MR) is 110 cm³/mol. The van der Waals surface area contributed by atoms with Crippen molar-refractivity contribution in [3.05, 3.63) is 93.2 Å². The maximum atomic E-state index is 10.9. The van der Waals surface area contributed by atoms with Crippen LogP contribution in [0.25, 0.3) is 11.3 Å². The number of hydrogen-bond donors (Lipinski definition) is 0. The van der Waals surface area contributed by atoms with Crippen LogP contribution in [0.1, 0.15) is 12.7 Å². The first-order valence-corrected chi connectivity index (χ1v) is 9.49. The molecule has 0 radical (unpaired) electrons. The van der Waals surface area contributed by atoms with Crippen LogP contribution in [-0.2, 0) is 0 Å². The van der Waals surface area contributed by atoms with Gasteiger partial charge in [0.1, 0.15) is 11.5 Å². The van der Waals surface area contributed by atoms with E-state index in [-0.39, 0.29) is 5.69 Å². The lowest BCUT2D eigenvalue weighted by Gasteiger charge is -2.05. The lowest BCUT2D eigenvalue weighted by molar-refractivity contribution is -0.384. The van der Waals surface area contributed by atoms with E-state index in [9.17, 15) is 10.1 Å². The van der Waals surface area contributed by atoms with Crippen molar-refractivity contribution >= 4 is 28.4 Å². The number of rotatable bonds is 5. The number of nitro benzene ring substituents is 1. The molecule has 0 amide bonds. The first-order chi connectivity index (χ1) is 14.1. The molecule has 4 aromatic rings. The zero-order valence-corrected chi connectivity index (χ0v) is 16.1. The van der Waals surface area contributed by atoms with E-state index in [2.05, 4.69) is 9.98 Å². The molecule has 4 rings (SSSR count). The summed E-state index contributed by atoms with van der Waals surface area (Å²) in [7, 11) is 0. The predicted octanol–water partition coefficient (Wildman–Crippen LogP) is 4.62. The van der Waals surface area contributed by atoms with Gasteiger partial charge in [-0.25, -0.2) is 9.67 Å². The highest BCUT2D eigenvalue weighted by atomic mass is 32.1. The molecular formula is C20H15N5O3S. The van der Waals surface area contributed by atoms with Gasteiger partial charge in [-0.2, -0.15) is 5.10 Å². The lowest BCUT2D eigenvalue weighted by atomic mass is 10.1. The van der Waals surface area contributed by atoms with Crippen LogP contribution < -0.4 is 4.80 Å². The lowest BCUT2D eigenvalue weighted by Crippen LogP contribution is -2.13. The van der Waals surface area contributed by atoms with Crippen molar-refractivity contribution in [2.75, 3.05) is 0 Å². The summed E-state index contributed by atoms with van der Waals surface area (Å²) in [5.74, 6) is 0.644. The summed E-state index contributed by atoms with van der Waals surface area (Å²) in [6.45, 7) is 1.84. The highest BCUT2D eigenvalue weighted by molar-refractivity contribution is 7.07. The number of thiazole rings is 1. The summed E-state index contributed by atoms with van der Waals surface area (Å²) >= 11 is 1.41. The van der Waals surface area contributed by atoms with Gasteiger partial charge in [0.25, 0.3) is 5.69 Å². The molecule has 0 saturated heterocycles. The molecule has 0 fully saturated rings. The van der Waals surface area contributed by atoms with Crippen LogP contribution in [0.2, 0.25) is 0 Å². The standard InChI is InChI=1S/C20H15N5O3S/c1-14(19-5-3-11-28-19)23-24-18(15-6-8-17(9-7-15)25(26)27)13-29-20(24)22-16-4-2-10-21-12-16/h2-13H,1H3. The summed E-state index contributed by atoms with van der Waals surface area (Å²) in [6, 6.07) is 13.6. The number of aromatic nitrogens is 2. The smallest absolute Gasteiger partial charge is 0.269 e. The van der Waals surface area contributed by atoms with Gasteiger partial charge in [0, 0.05) is 29.3 Å². The fraction of sp³-hybridized carbons (Fsp3) is 0.0500. The Hall–Kier alpha value is -3.85. The molecular weight excluding hydrogens is 390 g/mol. The topological polar surface area (TPSA) is 98.8 Å². The Morgan fingerprint density at radius 2 is 2.03 bits per heavy atom. The third-order valence-electron chi connectivity index (χ3n) is 4.06. The van der Waals surface area contributed by atoms with Crippen LogP contribution in [0.5, 0.6) is 0 Å². The second-order valence-corrected chi connectivity index (χ2v) is 6.84. The highest BCUT2D eigenvalue weighted by Gasteiger charge is 2.12. The average Bonchev–Trinajstić information content (AvgIpc) is 3.40. The Bertz CT molecular complexity index is 1220. The van der Waals surface area contributed by atoms with Gasteiger partial charge in [0.05, 0.1) is 28.8 Å². The number of benzene rings is 1. The Kier molecular flexibility index (Phi) is 5.12. The number of hydrogen-bond acceptors (Lipinski definition) is 7. The van der Waals surface area contributed by atoms with Gasteiger partial charge in [-0.3, -0.25) is 15.1 Å². The fourth-order valence-corrected chi connectivity index (χ4v) is 3.49. The van der Waals surface area contributed by atoms with E-state index >= 15 is 0 Å². The molecule has 3 heterocycles. The molecule has 0 unspecified atom stereocenters. The maximum Gasteiger partial charge on any atom is 0.269 e. The third kappa shape index (κ3) is 4.04. The van der Waals surface area contributed by atoms with E-state index < -0.39 is 4.92 Å². The zero-order chi connectivity index (χ0) is 20.2. The molecule has 144 valence electrons. The summed E-state index contributed by atoms with van der Waals surface area (Å²) in [6.07, 6.45) is 4.94. The van der Waals surface area contributed by atoms with Crippen LogP contribution in [0, 0.1) is 10.1 Å². The van der Waals surface area contributed by atoms with E-state index in [1.807, 2.05) is 30.5 Å². The Morgan fingerprint density at radius 3 is 2.69 bits per heavy atom. The molecule has 1 aromatic carbocycles. The van der Waals surface area contributed by atoms with Gasteiger partial charge in [-0.15, -0.1) is 11.3 Å². The Morgan fingerprint density at radius 1 is 1.21 bits per heavy atom. The number of furan rings is 1. The van der Waals surface area contributed by atoms with Crippen molar-refractivity contribution in [1.29, 1.82) is 0 Å². The minimum Gasteiger partial charge on any atom is -0.463 e. The molecule has 8 nitrogen and oxygen atoms in total. The largest absolute Gasteiger partial charge is 0.463 e. The van der Waals surface area contributed by atoms with Crippen molar-refractivity contribution < 1.29 is 9.34 Å². The summed E-state index contributed by atoms with van der Waals surface area (Å²) in [5, 5.41) is 17.6. The molecule has 0 aliphatic heterocycles. The number of nitro groups is 1. The molecule has 0 saturated carbocycles. The van der Waals surface area contributed by atoms with Gasteiger partial charge in [0.2, 0.25) is 4.80 Å². The molecule has 3 aromatic heterocycles. The fourth-order valence-electron chi connectivity index (χ4n) is 2.64. The van der Waals surface area contributed by atoms with Crippen LogP contribution in [0.3, 0.4) is 0 Å². The Labute approximate surface area is 169 Å². The minimum atomic E-state index is -0.423. The second-order valence-electron chi connectivity index (χ2n) is 6.01.